The summed E-state index contributed by atoms with van der Waals surface area (Å²) in [6.07, 6.45) is 30.2. The van der Waals surface area contributed by atoms with Gasteiger partial charge in [0.1, 0.15) is 19.8 Å². The highest BCUT2D eigenvalue weighted by Crippen LogP contribution is 2.38. The summed E-state index contributed by atoms with van der Waals surface area (Å²) in [5.74, 6) is -0.808. The first-order chi connectivity index (χ1) is 24.9. The number of carbonyl (C=O) groups excluding carboxylic acids is 3. The monoisotopic (exact) mass is 758 g/mol. The van der Waals surface area contributed by atoms with E-state index in [0.29, 0.717) is 30.3 Å². The molecule has 0 aromatic heterocycles. The molecular formula is C41H76NO9P. The molecule has 11 heteroatoms. The van der Waals surface area contributed by atoms with Gasteiger partial charge in [-0.05, 0) is 38.2 Å². The third kappa shape index (κ3) is 36.5. The van der Waals surface area contributed by atoms with Gasteiger partial charge >= 0.3 is 11.9 Å². The van der Waals surface area contributed by atoms with Crippen molar-refractivity contribution in [3.63, 3.8) is 0 Å². The van der Waals surface area contributed by atoms with Crippen LogP contribution in [0, 0.1) is 0 Å². The second-order valence-corrected chi connectivity index (χ2v) is 16.5. The Balaban J connectivity index is 4.49. The number of phosphoric acid groups is 1. The predicted molar refractivity (Wildman–Crippen MR) is 209 cm³/mol. The predicted octanol–water partition coefficient (Wildman–Crippen LogP) is 9.73. The quantitative estimate of drug-likeness (QED) is 0.0152. The van der Waals surface area contributed by atoms with Crippen LogP contribution in [0.4, 0.5) is 0 Å². The molecule has 0 aliphatic carbocycles. The second kappa shape index (κ2) is 33.7. The van der Waals surface area contributed by atoms with Gasteiger partial charge in [0.05, 0.1) is 27.7 Å². The van der Waals surface area contributed by atoms with Gasteiger partial charge in [-0.1, -0.05) is 135 Å². The zero-order valence-electron chi connectivity index (χ0n) is 33.8. The van der Waals surface area contributed by atoms with Crippen LogP contribution in [-0.4, -0.2) is 75.8 Å². The number of ketones is 1. The van der Waals surface area contributed by atoms with Gasteiger partial charge in [-0.15, -0.1) is 0 Å². The molecule has 0 radical (unpaired) electrons. The van der Waals surface area contributed by atoms with Crippen molar-refractivity contribution in [2.75, 3.05) is 47.5 Å². The zero-order valence-corrected chi connectivity index (χ0v) is 34.6. The average Bonchev–Trinajstić information content (AvgIpc) is 3.08. The van der Waals surface area contributed by atoms with E-state index in [1.165, 1.54) is 77.0 Å². The molecule has 0 saturated heterocycles. The maximum absolute atomic E-state index is 12.6. The lowest BCUT2D eigenvalue weighted by Crippen LogP contribution is -2.37. The van der Waals surface area contributed by atoms with Crippen LogP contribution in [0.2, 0.25) is 0 Å². The van der Waals surface area contributed by atoms with Crippen LogP contribution >= 0.6 is 7.82 Å². The fourth-order valence-corrected chi connectivity index (χ4v) is 6.13. The van der Waals surface area contributed by atoms with Crippen LogP contribution < -0.4 is 4.89 Å². The molecule has 2 atom stereocenters. The highest BCUT2D eigenvalue weighted by atomic mass is 31.2. The number of unbranched alkanes of at least 4 members (excludes halogenated alkanes) is 18. The van der Waals surface area contributed by atoms with E-state index >= 15 is 0 Å². The third-order valence-electron chi connectivity index (χ3n) is 8.70. The number of phosphoric ester groups is 1. The summed E-state index contributed by atoms with van der Waals surface area (Å²) in [7, 11) is 1.09. The van der Waals surface area contributed by atoms with Crippen LogP contribution in [-0.2, 0) is 37.5 Å². The van der Waals surface area contributed by atoms with E-state index in [0.717, 1.165) is 44.9 Å². The standard InChI is InChI=1S/C41H76NO9P/c1-6-8-10-12-14-15-16-17-18-20-24-28-32-40(44)48-36-39(37-50-52(46,47)49-35-34-42(3,4)5)51-41(45)33-29-25-21-23-27-31-38(43)30-26-22-19-13-11-9-7-2/h19,22,26,30,39H,6-18,20-21,23-25,27-29,31-37H2,1-5H3/b22-19-,30-26+/t39-/m1/s1. The van der Waals surface area contributed by atoms with Crippen molar-refractivity contribution in [2.24, 2.45) is 0 Å². The minimum Gasteiger partial charge on any atom is -0.756 e. The first-order valence-corrected chi connectivity index (χ1v) is 22.0. The number of esters is 2. The maximum atomic E-state index is 12.6. The minimum atomic E-state index is -4.65. The lowest BCUT2D eigenvalue weighted by molar-refractivity contribution is -0.870. The molecule has 0 spiro atoms. The van der Waals surface area contributed by atoms with E-state index < -0.39 is 32.5 Å². The highest BCUT2D eigenvalue weighted by molar-refractivity contribution is 7.45. The van der Waals surface area contributed by atoms with Crippen molar-refractivity contribution in [1.82, 2.24) is 0 Å². The molecule has 0 aromatic rings. The Morgan fingerprint density at radius 1 is 0.635 bits per heavy atom. The summed E-state index contributed by atoms with van der Waals surface area (Å²) >= 11 is 0. The Kier molecular flexibility index (Phi) is 32.5. The number of quaternary nitrogens is 1. The van der Waals surface area contributed by atoms with Crippen LogP contribution in [0.1, 0.15) is 168 Å². The van der Waals surface area contributed by atoms with E-state index in [2.05, 4.69) is 19.9 Å². The molecule has 0 aliphatic rings. The molecule has 0 N–H and O–H groups in total. The number of nitrogens with zero attached hydrogens (tertiary/aromatic N) is 1. The fraction of sp³-hybridized carbons (Fsp3) is 0.829. The summed E-state index contributed by atoms with van der Waals surface area (Å²) in [6.45, 7) is 4.02. The van der Waals surface area contributed by atoms with Crippen LogP contribution in [0.15, 0.2) is 24.3 Å². The van der Waals surface area contributed by atoms with E-state index in [-0.39, 0.29) is 31.8 Å². The summed E-state index contributed by atoms with van der Waals surface area (Å²) in [5, 5.41) is 0. The summed E-state index contributed by atoms with van der Waals surface area (Å²) in [6, 6.07) is 0. The number of carbonyl (C=O) groups is 3. The molecular weight excluding hydrogens is 681 g/mol. The fourth-order valence-electron chi connectivity index (χ4n) is 5.40. The van der Waals surface area contributed by atoms with Crippen molar-refractivity contribution in [3.05, 3.63) is 24.3 Å². The molecule has 0 fully saturated rings. The van der Waals surface area contributed by atoms with Gasteiger partial charge in [0.15, 0.2) is 11.9 Å². The summed E-state index contributed by atoms with van der Waals surface area (Å²) < 4.78 is 33.7. The highest BCUT2D eigenvalue weighted by Gasteiger charge is 2.21. The van der Waals surface area contributed by atoms with Gasteiger partial charge in [-0.2, -0.15) is 0 Å². The van der Waals surface area contributed by atoms with Gasteiger partial charge in [0, 0.05) is 19.3 Å². The number of hydrogen-bond donors (Lipinski definition) is 0. The van der Waals surface area contributed by atoms with Crippen LogP contribution in [0.25, 0.3) is 0 Å². The first-order valence-electron chi connectivity index (χ1n) is 20.5. The molecule has 10 nitrogen and oxygen atoms in total. The second-order valence-electron chi connectivity index (χ2n) is 15.0. The Bertz CT molecular complexity index is 1010. The molecule has 0 aliphatic heterocycles. The van der Waals surface area contributed by atoms with Gasteiger partial charge in [-0.25, -0.2) is 0 Å². The summed E-state index contributed by atoms with van der Waals surface area (Å²) in [4.78, 5) is 49.4. The molecule has 0 saturated carbocycles. The largest absolute Gasteiger partial charge is 0.756 e. The average molecular weight is 758 g/mol. The number of hydrogen-bond acceptors (Lipinski definition) is 9. The van der Waals surface area contributed by atoms with Crippen LogP contribution in [0.3, 0.4) is 0 Å². The molecule has 0 bridgehead atoms. The van der Waals surface area contributed by atoms with Crippen molar-refractivity contribution < 1.29 is 46.8 Å². The number of ether oxygens (including phenoxy) is 2. The zero-order chi connectivity index (χ0) is 38.8. The van der Waals surface area contributed by atoms with Crippen molar-refractivity contribution >= 4 is 25.5 Å². The van der Waals surface area contributed by atoms with E-state index in [1.54, 1.807) is 6.08 Å². The minimum absolute atomic E-state index is 0.0514. The van der Waals surface area contributed by atoms with Crippen molar-refractivity contribution in [3.8, 4) is 0 Å². The van der Waals surface area contributed by atoms with Gasteiger partial charge in [0.25, 0.3) is 7.82 Å². The Morgan fingerprint density at radius 3 is 1.69 bits per heavy atom. The molecule has 52 heavy (non-hydrogen) atoms. The van der Waals surface area contributed by atoms with Gasteiger partial charge < -0.3 is 27.9 Å². The topological polar surface area (TPSA) is 128 Å². The number of likely N-dealkylation sites (N-methyl/N-ethyl adjacent to an activating group) is 1. The van der Waals surface area contributed by atoms with Crippen LogP contribution in [0.5, 0.6) is 0 Å². The van der Waals surface area contributed by atoms with E-state index in [9.17, 15) is 23.8 Å². The molecule has 0 heterocycles. The molecule has 0 rings (SSSR count). The number of rotatable bonds is 37. The number of allylic oxidation sites excluding steroid dienone is 4. The summed E-state index contributed by atoms with van der Waals surface area (Å²) in [5.41, 5.74) is 0. The lowest BCUT2D eigenvalue weighted by Gasteiger charge is -2.28. The van der Waals surface area contributed by atoms with Crippen molar-refractivity contribution in [1.29, 1.82) is 0 Å². The Morgan fingerprint density at radius 2 is 1.13 bits per heavy atom. The van der Waals surface area contributed by atoms with Gasteiger partial charge in [0.2, 0.25) is 0 Å². The van der Waals surface area contributed by atoms with E-state index in [4.69, 9.17) is 18.5 Å². The van der Waals surface area contributed by atoms with Crippen molar-refractivity contribution in [2.45, 2.75) is 174 Å². The van der Waals surface area contributed by atoms with Gasteiger partial charge in [-0.3, -0.25) is 18.9 Å². The Hall–Kier alpha value is -1.84. The third-order valence-corrected chi connectivity index (χ3v) is 9.66. The molecule has 304 valence electrons. The van der Waals surface area contributed by atoms with E-state index in [1.807, 2.05) is 33.3 Å². The molecule has 0 amide bonds. The lowest BCUT2D eigenvalue weighted by atomic mass is 10.0. The first kappa shape index (κ1) is 50.2. The SMILES string of the molecule is CCCCC/C=C\C=C\C(=O)CCCCCCCC(=O)O[C@H](COC(=O)CCCCCCCCCCCCCC)COP(=O)([O-])OCC[N+](C)(C)C. The normalized spacial score (nSPS) is 13.8. The maximum Gasteiger partial charge on any atom is 0.306 e. The molecule has 0 aromatic carbocycles. The molecule has 1 unspecified atom stereocenters. The smallest absolute Gasteiger partial charge is 0.306 e. The Labute approximate surface area is 317 Å².